The van der Waals surface area contributed by atoms with Gasteiger partial charge in [0.15, 0.2) is 0 Å². The Bertz CT molecular complexity index is 238. The summed E-state index contributed by atoms with van der Waals surface area (Å²) in [5.41, 5.74) is -0.222. The lowest BCUT2D eigenvalue weighted by Gasteiger charge is -2.26. The highest BCUT2D eigenvalue weighted by Crippen LogP contribution is 2.30. The Morgan fingerprint density at radius 3 is 2.45 bits per heavy atom. The molecule has 1 fully saturated rings. The van der Waals surface area contributed by atoms with Gasteiger partial charge in [-0.05, 0) is 20.3 Å². The third-order valence-electron chi connectivity index (χ3n) is 1.68. The van der Waals surface area contributed by atoms with Crippen LogP contribution in [0.4, 0.5) is 0 Å². The maximum Gasteiger partial charge on any atom is 0.341 e. The topological polar surface area (TPSA) is 43.4 Å². The second kappa shape index (κ2) is 2.19. The first-order chi connectivity index (χ1) is 4.93. The van der Waals surface area contributed by atoms with Gasteiger partial charge in [0.05, 0.1) is 5.41 Å². The third-order valence-corrected chi connectivity index (χ3v) is 1.68. The SMILES string of the molecule is C=C1CC(C)(C)C(=O)OC1=O. The number of cyclic esters (lactones) is 2. The van der Waals surface area contributed by atoms with Gasteiger partial charge in [0.25, 0.3) is 0 Å². The van der Waals surface area contributed by atoms with E-state index in [1.54, 1.807) is 13.8 Å². The van der Waals surface area contributed by atoms with Crippen LogP contribution in [0.2, 0.25) is 0 Å². The number of ether oxygens (including phenoxy) is 1. The van der Waals surface area contributed by atoms with Crippen molar-refractivity contribution < 1.29 is 14.3 Å². The van der Waals surface area contributed by atoms with Crippen molar-refractivity contribution in [1.82, 2.24) is 0 Å². The average Bonchev–Trinajstić information content (AvgIpc) is 1.83. The van der Waals surface area contributed by atoms with Crippen LogP contribution < -0.4 is 0 Å². The summed E-state index contributed by atoms with van der Waals surface area (Å²) in [5, 5.41) is 0. The van der Waals surface area contributed by atoms with Gasteiger partial charge < -0.3 is 4.74 Å². The van der Waals surface area contributed by atoms with Gasteiger partial charge in [-0.15, -0.1) is 0 Å². The Balaban J connectivity index is 2.87. The quantitative estimate of drug-likeness (QED) is 0.297. The van der Waals surface area contributed by atoms with E-state index >= 15 is 0 Å². The molecule has 0 spiro atoms. The predicted octanol–water partition coefficient (Wildman–Crippen LogP) is 1.04. The number of carbonyl (C=O) groups excluding carboxylic acids is 2. The summed E-state index contributed by atoms with van der Waals surface area (Å²) in [4.78, 5) is 21.7. The number of rotatable bonds is 0. The van der Waals surface area contributed by atoms with Crippen LogP contribution in [0, 0.1) is 5.41 Å². The first kappa shape index (κ1) is 7.98. The fourth-order valence-electron chi connectivity index (χ4n) is 0.972. The molecular formula is C8H10O3. The first-order valence-corrected chi connectivity index (χ1v) is 3.38. The summed E-state index contributed by atoms with van der Waals surface area (Å²) in [5.74, 6) is -1.05. The van der Waals surface area contributed by atoms with Crippen molar-refractivity contribution in [2.24, 2.45) is 5.41 Å². The van der Waals surface area contributed by atoms with E-state index in [0.29, 0.717) is 12.0 Å². The summed E-state index contributed by atoms with van der Waals surface area (Å²) in [6, 6.07) is 0. The number of hydrogen-bond acceptors (Lipinski definition) is 3. The van der Waals surface area contributed by atoms with Gasteiger partial charge in [0, 0.05) is 5.57 Å². The molecule has 0 radical (unpaired) electrons. The number of carbonyl (C=O) groups is 2. The average molecular weight is 154 g/mol. The van der Waals surface area contributed by atoms with Crippen molar-refractivity contribution in [3.63, 3.8) is 0 Å². The van der Waals surface area contributed by atoms with Crippen LogP contribution in [-0.4, -0.2) is 11.9 Å². The molecule has 1 saturated heterocycles. The maximum absolute atomic E-state index is 11.0. The van der Waals surface area contributed by atoms with Gasteiger partial charge in [-0.1, -0.05) is 6.58 Å². The summed E-state index contributed by atoms with van der Waals surface area (Å²) in [7, 11) is 0. The molecule has 3 heteroatoms. The zero-order valence-corrected chi connectivity index (χ0v) is 6.64. The standard InChI is InChI=1S/C8H10O3/c1-5-4-8(2,3)7(10)11-6(5)9/h1,4H2,2-3H3. The lowest BCUT2D eigenvalue weighted by atomic mass is 9.84. The Morgan fingerprint density at radius 2 is 2.00 bits per heavy atom. The van der Waals surface area contributed by atoms with Crippen LogP contribution in [0.1, 0.15) is 20.3 Å². The van der Waals surface area contributed by atoms with Gasteiger partial charge in [-0.2, -0.15) is 0 Å². The highest BCUT2D eigenvalue weighted by molar-refractivity contribution is 6.00. The normalized spacial score (nSPS) is 23.3. The fraction of sp³-hybridized carbons (Fsp3) is 0.500. The van der Waals surface area contributed by atoms with Crippen LogP contribution in [0.15, 0.2) is 12.2 Å². The molecule has 1 rings (SSSR count). The monoisotopic (exact) mass is 154 g/mol. The Labute approximate surface area is 65.0 Å². The molecule has 11 heavy (non-hydrogen) atoms. The van der Waals surface area contributed by atoms with Crippen molar-refractivity contribution in [3.05, 3.63) is 12.2 Å². The minimum atomic E-state index is -0.592. The molecule has 0 bridgehead atoms. The lowest BCUT2D eigenvalue weighted by Crippen LogP contribution is -2.35. The van der Waals surface area contributed by atoms with Gasteiger partial charge in [-0.3, -0.25) is 4.79 Å². The van der Waals surface area contributed by atoms with Crippen molar-refractivity contribution in [2.45, 2.75) is 20.3 Å². The van der Waals surface area contributed by atoms with Gasteiger partial charge >= 0.3 is 11.9 Å². The summed E-state index contributed by atoms with van der Waals surface area (Å²) in [6.07, 6.45) is 0.394. The van der Waals surface area contributed by atoms with Gasteiger partial charge in [0.2, 0.25) is 0 Å². The maximum atomic E-state index is 11.0. The summed E-state index contributed by atoms with van der Waals surface area (Å²) < 4.78 is 4.44. The van der Waals surface area contributed by atoms with Crippen LogP contribution >= 0.6 is 0 Å². The van der Waals surface area contributed by atoms with Crippen LogP contribution in [0.5, 0.6) is 0 Å². The molecule has 0 aromatic rings. The minimum absolute atomic E-state index is 0.370. The molecule has 60 valence electrons. The van der Waals surface area contributed by atoms with E-state index in [2.05, 4.69) is 11.3 Å². The zero-order chi connectivity index (χ0) is 8.65. The first-order valence-electron chi connectivity index (χ1n) is 3.38. The summed E-state index contributed by atoms with van der Waals surface area (Å²) >= 11 is 0. The van der Waals surface area contributed by atoms with Crippen molar-refractivity contribution >= 4 is 11.9 Å². The molecule has 0 atom stereocenters. The number of esters is 2. The van der Waals surface area contributed by atoms with Gasteiger partial charge in [0.1, 0.15) is 0 Å². The molecule has 1 heterocycles. The highest BCUT2D eigenvalue weighted by Gasteiger charge is 2.38. The summed E-state index contributed by atoms with van der Waals surface area (Å²) in [6.45, 7) is 6.96. The van der Waals surface area contributed by atoms with Crippen LogP contribution in [0.25, 0.3) is 0 Å². The number of hydrogen-bond donors (Lipinski definition) is 0. The van der Waals surface area contributed by atoms with Crippen LogP contribution in [0.3, 0.4) is 0 Å². The predicted molar refractivity (Wildman–Crippen MR) is 38.6 cm³/mol. The minimum Gasteiger partial charge on any atom is -0.389 e. The molecule has 1 aliphatic heterocycles. The smallest absolute Gasteiger partial charge is 0.341 e. The molecule has 0 amide bonds. The Morgan fingerprint density at radius 1 is 1.45 bits per heavy atom. The van der Waals surface area contributed by atoms with Crippen molar-refractivity contribution in [1.29, 1.82) is 0 Å². The van der Waals surface area contributed by atoms with E-state index in [9.17, 15) is 9.59 Å². The Hall–Kier alpha value is -1.12. The molecule has 0 saturated carbocycles. The van der Waals surface area contributed by atoms with Crippen molar-refractivity contribution in [3.8, 4) is 0 Å². The lowest BCUT2D eigenvalue weighted by molar-refractivity contribution is -0.167. The van der Waals surface area contributed by atoms with Gasteiger partial charge in [-0.25, -0.2) is 4.79 Å². The second-order valence-electron chi connectivity index (χ2n) is 3.34. The van der Waals surface area contributed by atoms with E-state index < -0.39 is 17.4 Å². The largest absolute Gasteiger partial charge is 0.389 e. The van der Waals surface area contributed by atoms with E-state index in [1.807, 2.05) is 0 Å². The molecule has 0 aromatic heterocycles. The molecule has 0 aromatic carbocycles. The van der Waals surface area contributed by atoms with E-state index in [4.69, 9.17) is 0 Å². The Kier molecular flexibility index (Phi) is 1.59. The molecule has 0 aliphatic carbocycles. The molecule has 0 unspecified atom stereocenters. The second-order valence-corrected chi connectivity index (χ2v) is 3.34. The van der Waals surface area contributed by atoms with Crippen molar-refractivity contribution in [2.75, 3.05) is 0 Å². The van der Waals surface area contributed by atoms with E-state index in [1.165, 1.54) is 0 Å². The molecule has 3 nitrogen and oxygen atoms in total. The highest BCUT2D eigenvalue weighted by atomic mass is 16.6. The zero-order valence-electron chi connectivity index (χ0n) is 6.64. The fourth-order valence-corrected chi connectivity index (χ4v) is 0.972. The van der Waals surface area contributed by atoms with E-state index in [-0.39, 0.29) is 0 Å². The molecular weight excluding hydrogens is 144 g/mol. The molecule has 0 N–H and O–H groups in total. The molecule has 1 aliphatic rings. The van der Waals surface area contributed by atoms with E-state index in [0.717, 1.165) is 0 Å². The van der Waals surface area contributed by atoms with Crippen LogP contribution in [-0.2, 0) is 14.3 Å². The third kappa shape index (κ3) is 1.31.